The summed E-state index contributed by atoms with van der Waals surface area (Å²) in [6.07, 6.45) is 0. The Hall–Kier alpha value is -4.01. The third-order valence-corrected chi connectivity index (χ3v) is 7.23. The van der Waals surface area contributed by atoms with Crippen LogP contribution < -0.4 is 4.18 Å². The zero-order valence-electron chi connectivity index (χ0n) is 20.9. The van der Waals surface area contributed by atoms with Gasteiger partial charge in [-0.3, -0.25) is 4.79 Å². The Morgan fingerprint density at radius 2 is 1.45 bits per heavy atom. The molecule has 0 aliphatic carbocycles. The van der Waals surface area contributed by atoms with Crippen LogP contribution in [0.3, 0.4) is 0 Å². The van der Waals surface area contributed by atoms with E-state index >= 15 is 0 Å². The maximum atomic E-state index is 14.0. The zero-order chi connectivity index (χ0) is 27.0. The molecule has 38 heavy (non-hydrogen) atoms. The molecule has 0 aromatic heterocycles. The van der Waals surface area contributed by atoms with Gasteiger partial charge in [-0.25, -0.2) is 4.39 Å². The van der Waals surface area contributed by atoms with Crippen molar-refractivity contribution in [3.8, 4) is 5.75 Å². The molecule has 1 amide bonds. The number of halogens is 1. The summed E-state index contributed by atoms with van der Waals surface area (Å²) >= 11 is 0. The summed E-state index contributed by atoms with van der Waals surface area (Å²) in [4.78, 5) is 15.5. The number of carbonyl (C=O) groups excluding carboxylic acids is 1. The Morgan fingerprint density at radius 3 is 2.03 bits per heavy atom. The molecule has 4 aromatic rings. The highest BCUT2D eigenvalue weighted by Crippen LogP contribution is 2.28. The van der Waals surface area contributed by atoms with E-state index in [1.54, 1.807) is 30.2 Å². The molecule has 4 rings (SSSR count). The van der Waals surface area contributed by atoms with E-state index in [9.17, 15) is 17.6 Å². The SMILES string of the molecule is COCCN(Cc1cccc(OS(=O)(=O)c2ccc(F)cc2)c1)C(=O)C(c1ccccc1)c1ccccc1. The van der Waals surface area contributed by atoms with Crippen LogP contribution in [-0.2, 0) is 26.2 Å². The summed E-state index contributed by atoms with van der Waals surface area (Å²) in [5.74, 6) is -1.08. The quantitative estimate of drug-likeness (QED) is 0.242. The van der Waals surface area contributed by atoms with E-state index in [0.29, 0.717) is 18.7 Å². The van der Waals surface area contributed by atoms with Crippen LogP contribution in [0.1, 0.15) is 22.6 Å². The lowest BCUT2D eigenvalue weighted by atomic mass is 9.90. The molecule has 0 bridgehead atoms. The molecule has 0 saturated heterocycles. The molecule has 0 aliphatic heterocycles. The fourth-order valence-corrected chi connectivity index (χ4v) is 5.03. The summed E-state index contributed by atoms with van der Waals surface area (Å²) in [5.41, 5.74) is 2.42. The number of amides is 1. The lowest BCUT2D eigenvalue weighted by molar-refractivity contribution is -0.133. The van der Waals surface area contributed by atoms with E-state index in [4.69, 9.17) is 8.92 Å². The molecule has 0 atom stereocenters. The Morgan fingerprint density at radius 1 is 0.842 bits per heavy atom. The van der Waals surface area contributed by atoms with Crippen molar-refractivity contribution in [1.29, 1.82) is 0 Å². The molecule has 196 valence electrons. The van der Waals surface area contributed by atoms with Crippen molar-refractivity contribution in [2.24, 2.45) is 0 Å². The third kappa shape index (κ3) is 6.85. The molecule has 4 aromatic carbocycles. The molecule has 0 saturated carbocycles. The summed E-state index contributed by atoms with van der Waals surface area (Å²) < 4.78 is 49.1. The van der Waals surface area contributed by atoms with Crippen molar-refractivity contribution in [3.63, 3.8) is 0 Å². The van der Waals surface area contributed by atoms with Crippen LogP contribution in [0.5, 0.6) is 5.75 Å². The Bertz CT molecular complexity index is 1410. The van der Waals surface area contributed by atoms with E-state index in [1.165, 1.54) is 6.07 Å². The third-order valence-electron chi connectivity index (χ3n) is 5.97. The van der Waals surface area contributed by atoms with Crippen molar-refractivity contribution >= 4 is 16.0 Å². The molecule has 8 heteroatoms. The maximum absolute atomic E-state index is 14.0. The van der Waals surface area contributed by atoms with Gasteiger partial charge in [-0.05, 0) is 53.1 Å². The number of methoxy groups -OCH3 is 1. The number of hydrogen-bond donors (Lipinski definition) is 0. The van der Waals surface area contributed by atoms with E-state index in [1.807, 2.05) is 60.7 Å². The predicted octanol–water partition coefficient (Wildman–Crippen LogP) is 5.40. The number of rotatable bonds is 11. The molecule has 0 spiro atoms. The first-order chi connectivity index (χ1) is 18.4. The van der Waals surface area contributed by atoms with E-state index in [-0.39, 0.29) is 23.1 Å². The maximum Gasteiger partial charge on any atom is 0.339 e. The first-order valence-electron chi connectivity index (χ1n) is 12.0. The van der Waals surface area contributed by atoms with E-state index in [0.717, 1.165) is 35.4 Å². The largest absolute Gasteiger partial charge is 0.383 e. The van der Waals surface area contributed by atoms with Crippen LogP contribution in [0.15, 0.2) is 114 Å². The highest BCUT2D eigenvalue weighted by Gasteiger charge is 2.28. The van der Waals surface area contributed by atoms with Crippen LogP contribution in [-0.4, -0.2) is 39.5 Å². The molecule has 6 nitrogen and oxygen atoms in total. The minimum Gasteiger partial charge on any atom is -0.383 e. The average molecular weight is 534 g/mol. The summed E-state index contributed by atoms with van der Waals surface area (Å²) in [5, 5.41) is 0. The minimum atomic E-state index is -4.16. The van der Waals surface area contributed by atoms with Crippen LogP contribution >= 0.6 is 0 Å². The first kappa shape index (κ1) is 27.0. The van der Waals surface area contributed by atoms with Crippen LogP contribution in [0, 0.1) is 5.82 Å². The molecule has 0 fully saturated rings. The van der Waals surface area contributed by atoms with Crippen LogP contribution in [0.2, 0.25) is 0 Å². The predicted molar refractivity (Wildman–Crippen MR) is 143 cm³/mol. The number of benzene rings is 4. The van der Waals surface area contributed by atoms with E-state index in [2.05, 4.69) is 0 Å². The van der Waals surface area contributed by atoms with Crippen LogP contribution in [0.4, 0.5) is 4.39 Å². The van der Waals surface area contributed by atoms with Gasteiger partial charge in [-0.2, -0.15) is 8.42 Å². The van der Waals surface area contributed by atoms with Gasteiger partial charge in [0.15, 0.2) is 0 Å². The molecule has 0 heterocycles. The Balaban J connectivity index is 1.60. The van der Waals surface area contributed by atoms with Crippen molar-refractivity contribution in [3.05, 3.63) is 132 Å². The molecular weight excluding hydrogens is 505 g/mol. The Kier molecular flexibility index (Phi) is 8.89. The number of nitrogens with zero attached hydrogens (tertiary/aromatic N) is 1. The lowest BCUT2D eigenvalue weighted by Crippen LogP contribution is -2.37. The number of carbonyl (C=O) groups is 1. The van der Waals surface area contributed by atoms with E-state index < -0.39 is 21.9 Å². The second kappa shape index (κ2) is 12.5. The molecule has 0 radical (unpaired) electrons. The fourth-order valence-electron chi connectivity index (χ4n) is 4.11. The topological polar surface area (TPSA) is 72.9 Å². The standard InChI is InChI=1S/C30H28FNO5S/c1-36-20-19-32(30(33)29(24-10-4-2-5-11-24)25-12-6-3-7-13-25)22-23-9-8-14-27(21-23)37-38(34,35)28-17-15-26(31)16-18-28/h2-18,21,29H,19-20,22H2,1H3. The summed E-state index contributed by atoms with van der Waals surface area (Å²) in [6.45, 7) is 0.883. The van der Waals surface area contributed by atoms with Gasteiger partial charge in [0.25, 0.3) is 0 Å². The van der Waals surface area contributed by atoms with Gasteiger partial charge in [-0.1, -0.05) is 72.8 Å². The first-order valence-corrected chi connectivity index (χ1v) is 13.4. The average Bonchev–Trinajstić information content (AvgIpc) is 2.92. The van der Waals surface area contributed by atoms with Crippen molar-refractivity contribution in [1.82, 2.24) is 4.90 Å². The van der Waals surface area contributed by atoms with Gasteiger partial charge in [0, 0.05) is 20.2 Å². The molecule has 0 aliphatic rings. The normalized spacial score (nSPS) is 11.3. The monoisotopic (exact) mass is 533 g/mol. The summed E-state index contributed by atoms with van der Waals surface area (Å²) in [7, 11) is -2.59. The van der Waals surface area contributed by atoms with Crippen LogP contribution in [0.25, 0.3) is 0 Å². The zero-order valence-corrected chi connectivity index (χ0v) is 21.7. The molecular formula is C30H28FNO5S. The van der Waals surface area contributed by atoms with Gasteiger partial charge in [0.1, 0.15) is 16.5 Å². The second-order valence-corrected chi connectivity index (χ2v) is 10.2. The van der Waals surface area contributed by atoms with Gasteiger partial charge < -0.3 is 13.8 Å². The number of ether oxygens (including phenoxy) is 1. The van der Waals surface area contributed by atoms with Crippen molar-refractivity contribution in [2.45, 2.75) is 17.4 Å². The smallest absolute Gasteiger partial charge is 0.339 e. The van der Waals surface area contributed by atoms with Gasteiger partial charge >= 0.3 is 10.1 Å². The van der Waals surface area contributed by atoms with Gasteiger partial charge in [-0.15, -0.1) is 0 Å². The summed E-state index contributed by atoms with van der Waals surface area (Å²) in [6, 6.07) is 30.1. The van der Waals surface area contributed by atoms with Gasteiger partial charge in [0.05, 0.1) is 12.5 Å². The van der Waals surface area contributed by atoms with Crippen molar-refractivity contribution in [2.75, 3.05) is 20.3 Å². The second-order valence-electron chi connectivity index (χ2n) is 8.65. The highest BCUT2D eigenvalue weighted by molar-refractivity contribution is 7.87. The van der Waals surface area contributed by atoms with Gasteiger partial charge in [0.2, 0.25) is 5.91 Å². The van der Waals surface area contributed by atoms with Crippen molar-refractivity contribution < 1.29 is 26.5 Å². The highest BCUT2D eigenvalue weighted by atomic mass is 32.2. The molecule has 0 N–H and O–H groups in total. The Labute approximate surface area is 222 Å². The number of hydrogen-bond acceptors (Lipinski definition) is 5. The lowest BCUT2D eigenvalue weighted by Gasteiger charge is -2.28. The molecule has 0 unspecified atom stereocenters. The minimum absolute atomic E-state index is 0.0913. The fraction of sp³-hybridized carbons (Fsp3) is 0.167.